The number of nitrogens with one attached hydrogen (secondary N) is 1. The third kappa shape index (κ3) is 8.37. The minimum absolute atomic E-state index is 0.00575. The topological polar surface area (TPSA) is 155 Å². The van der Waals surface area contributed by atoms with Crippen LogP contribution in [0.3, 0.4) is 0 Å². The lowest BCUT2D eigenvalue weighted by molar-refractivity contribution is -0.155. The Labute approximate surface area is 260 Å². The second-order valence-corrected chi connectivity index (χ2v) is 11.4. The summed E-state index contributed by atoms with van der Waals surface area (Å²) < 4.78 is 32.1. The summed E-state index contributed by atoms with van der Waals surface area (Å²) in [6.07, 6.45) is -0.974. The van der Waals surface area contributed by atoms with Gasteiger partial charge in [0.15, 0.2) is 11.6 Å². The van der Waals surface area contributed by atoms with Gasteiger partial charge in [0.25, 0.3) is 5.91 Å². The predicted octanol–water partition coefficient (Wildman–Crippen LogP) is 6.22. The lowest BCUT2D eigenvalue weighted by atomic mass is 9.82. The number of carbonyl (C=O) groups is 2. The number of aliphatic imine (C=N–C) groups is 1. The zero-order valence-electron chi connectivity index (χ0n) is 25.4. The van der Waals surface area contributed by atoms with E-state index < -0.39 is 34.9 Å². The van der Waals surface area contributed by atoms with Gasteiger partial charge in [-0.1, -0.05) is 47.6 Å². The fourth-order valence-corrected chi connectivity index (χ4v) is 4.85. The molecule has 45 heavy (non-hydrogen) atoms. The molecule has 3 aromatic rings. The summed E-state index contributed by atoms with van der Waals surface area (Å²) in [6.45, 7) is 5.43. The maximum Gasteiger partial charge on any atom is 0.306 e. The second-order valence-electron chi connectivity index (χ2n) is 11.4. The largest absolute Gasteiger partial charge is 0.494 e. The van der Waals surface area contributed by atoms with Crippen molar-refractivity contribution < 1.29 is 33.3 Å². The van der Waals surface area contributed by atoms with Crippen LogP contribution in [0.4, 0.5) is 10.1 Å². The monoisotopic (exact) mass is 617 g/mol. The van der Waals surface area contributed by atoms with Crippen LogP contribution in [0.5, 0.6) is 5.75 Å². The maximum absolute atomic E-state index is 14.5. The molecule has 0 unspecified atom stereocenters. The average molecular weight is 618 g/mol. The molecule has 0 fully saturated rings. The number of benzene rings is 3. The molecule has 11 nitrogen and oxygen atoms in total. The summed E-state index contributed by atoms with van der Waals surface area (Å²) in [4.78, 5) is 35.0. The van der Waals surface area contributed by atoms with Gasteiger partial charge in [0, 0.05) is 53.3 Å². The molecule has 0 spiro atoms. The van der Waals surface area contributed by atoms with Crippen LogP contribution in [0.15, 0.2) is 82.9 Å². The minimum Gasteiger partial charge on any atom is -0.494 e. The molecule has 1 aliphatic heterocycles. The van der Waals surface area contributed by atoms with Crippen molar-refractivity contribution in [2.45, 2.75) is 63.8 Å². The normalized spacial score (nSPS) is 17.4. The van der Waals surface area contributed by atoms with E-state index >= 15 is 0 Å². The summed E-state index contributed by atoms with van der Waals surface area (Å²) in [5, 5.41) is 15.6. The van der Waals surface area contributed by atoms with Gasteiger partial charge in [0.2, 0.25) is 5.90 Å². The molecule has 1 amide bonds. The maximum atomic E-state index is 14.5. The standard InChI is InChI=1S/C33H36FN5O6/c1-32(2,3)45-28(41)17-18-33(31(42)36-21-23-9-4-6-11-26(23)34)29(25-10-5-7-12-27(25)38-39-35)44-30(37-33)22-13-15-24(16-14-22)43-20-8-19-40/h4-7,9-16,29,40H,8,17-21H2,1-3H3,(H,36,42)/t29-,33-/m1/s1. The molecule has 0 aromatic heterocycles. The molecule has 0 saturated heterocycles. The van der Waals surface area contributed by atoms with Gasteiger partial charge in [0.1, 0.15) is 17.2 Å². The Balaban J connectivity index is 1.78. The lowest BCUT2D eigenvalue weighted by Gasteiger charge is -2.31. The third-order valence-corrected chi connectivity index (χ3v) is 6.93. The molecule has 3 aromatic carbocycles. The molecule has 0 radical (unpaired) electrons. The van der Waals surface area contributed by atoms with Crippen LogP contribution in [-0.4, -0.2) is 47.2 Å². The van der Waals surface area contributed by atoms with Gasteiger partial charge < -0.3 is 24.6 Å². The number of azide groups is 1. The Hall–Kier alpha value is -4.93. The lowest BCUT2D eigenvalue weighted by Crippen LogP contribution is -2.48. The van der Waals surface area contributed by atoms with Crippen molar-refractivity contribution in [3.05, 3.63) is 106 Å². The number of amides is 1. The van der Waals surface area contributed by atoms with E-state index in [4.69, 9.17) is 24.3 Å². The number of hydrogen-bond acceptors (Lipinski definition) is 8. The van der Waals surface area contributed by atoms with Crippen molar-refractivity contribution in [2.24, 2.45) is 10.1 Å². The molecule has 2 N–H and O–H groups in total. The SMILES string of the molecule is CC(C)(C)OC(=O)CC[C@@]1(C(=O)NCc2ccccc2F)N=C(c2ccc(OCCCO)cc2)O[C@@H]1c1ccccc1N=[N+]=[N-]. The Bertz CT molecular complexity index is 1580. The first kappa shape index (κ1) is 33.0. The van der Waals surface area contributed by atoms with Crippen molar-refractivity contribution in [3.8, 4) is 5.75 Å². The van der Waals surface area contributed by atoms with Crippen LogP contribution in [-0.2, 0) is 25.6 Å². The van der Waals surface area contributed by atoms with Gasteiger partial charge in [-0.15, -0.1) is 0 Å². The summed E-state index contributed by atoms with van der Waals surface area (Å²) in [5.41, 5.74) is 8.15. The minimum atomic E-state index is -1.74. The molecular formula is C33H36FN5O6. The number of rotatable bonds is 13. The van der Waals surface area contributed by atoms with Gasteiger partial charge in [-0.3, -0.25) is 9.59 Å². The van der Waals surface area contributed by atoms with Crippen molar-refractivity contribution >= 4 is 23.5 Å². The van der Waals surface area contributed by atoms with Crippen LogP contribution < -0.4 is 10.1 Å². The van der Waals surface area contributed by atoms with Gasteiger partial charge >= 0.3 is 5.97 Å². The molecule has 0 saturated carbocycles. The first-order valence-corrected chi connectivity index (χ1v) is 14.5. The summed E-state index contributed by atoms with van der Waals surface area (Å²) >= 11 is 0. The molecule has 4 rings (SSSR count). The number of esters is 1. The van der Waals surface area contributed by atoms with Crippen LogP contribution in [0.25, 0.3) is 10.4 Å². The van der Waals surface area contributed by atoms with Gasteiger partial charge in [-0.25, -0.2) is 9.38 Å². The Morgan fingerprint density at radius 2 is 1.82 bits per heavy atom. The van der Waals surface area contributed by atoms with E-state index in [9.17, 15) is 19.5 Å². The number of aliphatic hydroxyl groups is 1. The number of nitrogens with zero attached hydrogens (tertiary/aromatic N) is 4. The first-order valence-electron chi connectivity index (χ1n) is 14.5. The smallest absolute Gasteiger partial charge is 0.306 e. The number of hydrogen-bond donors (Lipinski definition) is 2. The number of halogens is 1. The van der Waals surface area contributed by atoms with Gasteiger partial charge in [-0.05, 0) is 63.1 Å². The number of carbonyl (C=O) groups excluding carboxylic acids is 2. The highest BCUT2D eigenvalue weighted by molar-refractivity contribution is 6.01. The predicted molar refractivity (Wildman–Crippen MR) is 165 cm³/mol. The van der Waals surface area contributed by atoms with Gasteiger partial charge in [-0.2, -0.15) is 0 Å². The molecule has 0 aliphatic carbocycles. The molecular weight excluding hydrogens is 581 g/mol. The molecule has 2 atom stereocenters. The van der Waals surface area contributed by atoms with E-state index in [1.54, 1.807) is 87.5 Å². The zero-order chi connectivity index (χ0) is 32.5. The molecule has 1 heterocycles. The van der Waals surface area contributed by atoms with Crippen molar-refractivity contribution in [3.63, 3.8) is 0 Å². The quantitative estimate of drug-likeness (QED) is 0.0762. The van der Waals surface area contributed by atoms with E-state index in [0.717, 1.165) is 0 Å². The van der Waals surface area contributed by atoms with Crippen LogP contribution >= 0.6 is 0 Å². The molecule has 0 bridgehead atoms. The Morgan fingerprint density at radius 1 is 1.11 bits per heavy atom. The summed E-state index contributed by atoms with van der Waals surface area (Å²) in [6, 6.07) is 19.6. The van der Waals surface area contributed by atoms with E-state index in [2.05, 4.69) is 15.3 Å². The highest BCUT2D eigenvalue weighted by Gasteiger charge is 2.54. The average Bonchev–Trinajstić information content (AvgIpc) is 3.40. The first-order chi connectivity index (χ1) is 21.6. The Morgan fingerprint density at radius 3 is 2.51 bits per heavy atom. The van der Waals surface area contributed by atoms with E-state index in [1.165, 1.54) is 6.07 Å². The van der Waals surface area contributed by atoms with Crippen molar-refractivity contribution in [1.82, 2.24) is 5.32 Å². The van der Waals surface area contributed by atoms with Crippen LogP contribution in [0.1, 0.15) is 62.8 Å². The highest BCUT2D eigenvalue weighted by Crippen LogP contribution is 2.46. The number of ether oxygens (including phenoxy) is 3. The van der Waals surface area contributed by atoms with E-state index in [0.29, 0.717) is 29.9 Å². The zero-order valence-corrected chi connectivity index (χ0v) is 25.4. The second kappa shape index (κ2) is 14.7. The number of aliphatic hydroxyl groups excluding tert-OH is 1. The molecule has 236 valence electrons. The fraction of sp³-hybridized carbons (Fsp3) is 0.364. The Kier molecular flexibility index (Phi) is 10.8. The molecule has 12 heteroatoms. The van der Waals surface area contributed by atoms with Crippen molar-refractivity contribution in [1.29, 1.82) is 0 Å². The highest BCUT2D eigenvalue weighted by atomic mass is 19.1. The fourth-order valence-electron chi connectivity index (χ4n) is 4.85. The van der Waals surface area contributed by atoms with E-state index in [-0.39, 0.29) is 43.1 Å². The third-order valence-electron chi connectivity index (χ3n) is 6.93. The van der Waals surface area contributed by atoms with Crippen LogP contribution in [0, 0.1) is 5.82 Å². The van der Waals surface area contributed by atoms with Gasteiger partial charge in [0.05, 0.1) is 6.61 Å². The van der Waals surface area contributed by atoms with Crippen molar-refractivity contribution in [2.75, 3.05) is 13.2 Å². The van der Waals surface area contributed by atoms with E-state index in [1.807, 2.05) is 0 Å². The van der Waals surface area contributed by atoms with Crippen LogP contribution in [0.2, 0.25) is 0 Å². The summed E-state index contributed by atoms with van der Waals surface area (Å²) in [5.74, 6) is -0.968. The molecule has 1 aliphatic rings. The summed E-state index contributed by atoms with van der Waals surface area (Å²) in [7, 11) is 0.